The Hall–Kier alpha value is -1.67. The number of aryl methyl sites for hydroxylation is 1. The van der Waals surface area contributed by atoms with Crippen molar-refractivity contribution < 1.29 is 9.66 Å². The normalized spacial score (nSPS) is 20.9. The minimum Gasteiger partial charge on any atom is -0.374 e. The molecule has 0 amide bonds. The highest BCUT2D eigenvalue weighted by molar-refractivity contribution is 5.52. The molecule has 1 aromatic rings. The fraction of sp³-hybridized carbons (Fsp3) is 0.700. The molecule has 0 saturated carbocycles. The SMILES string of the molecule is CN1CCOC(CNc2c([N+](=O)[O-])ncn2C)C1. The fourth-order valence-electron chi connectivity index (χ4n) is 1.96. The summed E-state index contributed by atoms with van der Waals surface area (Å²) in [6.45, 7) is 2.96. The molecule has 18 heavy (non-hydrogen) atoms. The van der Waals surface area contributed by atoms with Crippen LogP contribution in [-0.4, -0.2) is 58.8 Å². The molecule has 0 aliphatic carbocycles. The van der Waals surface area contributed by atoms with E-state index in [1.165, 1.54) is 6.33 Å². The second kappa shape index (κ2) is 5.32. The number of hydrogen-bond donors (Lipinski definition) is 1. The van der Waals surface area contributed by atoms with Crippen molar-refractivity contribution in [2.24, 2.45) is 7.05 Å². The third-order valence-electron chi connectivity index (χ3n) is 2.93. The summed E-state index contributed by atoms with van der Waals surface area (Å²) in [4.78, 5) is 16.2. The first-order chi connectivity index (χ1) is 8.58. The molecule has 0 aromatic carbocycles. The van der Waals surface area contributed by atoms with Crippen molar-refractivity contribution in [1.29, 1.82) is 0 Å². The zero-order valence-corrected chi connectivity index (χ0v) is 10.5. The average Bonchev–Trinajstić information content (AvgIpc) is 2.68. The molecule has 1 atom stereocenters. The van der Waals surface area contributed by atoms with E-state index in [4.69, 9.17) is 4.74 Å². The minimum atomic E-state index is -0.490. The van der Waals surface area contributed by atoms with Gasteiger partial charge in [-0.1, -0.05) is 0 Å². The van der Waals surface area contributed by atoms with Crippen molar-refractivity contribution in [3.05, 3.63) is 16.4 Å². The molecular formula is C10H17N5O3. The van der Waals surface area contributed by atoms with Crippen LogP contribution >= 0.6 is 0 Å². The molecule has 8 heteroatoms. The number of aromatic nitrogens is 2. The van der Waals surface area contributed by atoms with Crippen LogP contribution < -0.4 is 5.32 Å². The number of rotatable bonds is 4. The molecule has 1 fully saturated rings. The Morgan fingerprint density at radius 1 is 1.67 bits per heavy atom. The minimum absolute atomic E-state index is 0.0401. The summed E-state index contributed by atoms with van der Waals surface area (Å²) in [5.41, 5.74) is 0. The van der Waals surface area contributed by atoms with Crippen LogP contribution in [0.5, 0.6) is 0 Å². The Labute approximate surface area is 105 Å². The van der Waals surface area contributed by atoms with Crippen molar-refractivity contribution in [3.63, 3.8) is 0 Å². The van der Waals surface area contributed by atoms with E-state index in [1.807, 2.05) is 7.05 Å². The molecule has 0 bridgehead atoms. The summed E-state index contributed by atoms with van der Waals surface area (Å²) >= 11 is 0. The summed E-state index contributed by atoms with van der Waals surface area (Å²) in [5, 5.41) is 13.8. The lowest BCUT2D eigenvalue weighted by Crippen LogP contribution is -2.43. The predicted octanol–water partition coefficient (Wildman–Crippen LogP) is 0.0708. The Balaban J connectivity index is 1.97. The first-order valence-electron chi connectivity index (χ1n) is 5.77. The summed E-state index contributed by atoms with van der Waals surface area (Å²) in [5.74, 6) is 0.262. The molecule has 2 rings (SSSR count). The number of hydrogen-bond acceptors (Lipinski definition) is 6. The van der Waals surface area contributed by atoms with Crippen LogP contribution in [0.25, 0.3) is 0 Å². The molecule has 1 N–H and O–H groups in total. The van der Waals surface area contributed by atoms with Gasteiger partial charge in [0, 0.05) is 26.7 Å². The highest BCUT2D eigenvalue weighted by Crippen LogP contribution is 2.21. The number of nitrogens with zero attached hydrogens (tertiary/aromatic N) is 4. The summed E-state index contributed by atoms with van der Waals surface area (Å²) in [7, 11) is 3.75. The van der Waals surface area contributed by atoms with E-state index in [9.17, 15) is 10.1 Å². The standard InChI is InChI=1S/C10H17N5O3/c1-13-3-4-18-8(6-13)5-11-9-10(15(16)17)12-7-14(9)2/h7-8,11H,3-6H2,1-2H3. The Bertz CT molecular complexity index is 433. The van der Waals surface area contributed by atoms with Crippen LogP contribution in [0.2, 0.25) is 0 Å². The number of morpholine rings is 1. The highest BCUT2D eigenvalue weighted by atomic mass is 16.6. The number of imidazole rings is 1. The van der Waals surface area contributed by atoms with Crippen molar-refractivity contribution >= 4 is 11.6 Å². The number of nitrogens with one attached hydrogen (secondary N) is 1. The van der Waals surface area contributed by atoms with Gasteiger partial charge in [0.05, 0.1) is 12.7 Å². The lowest BCUT2D eigenvalue weighted by molar-refractivity contribution is -0.388. The Morgan fingerprint density at radius 2 is 2.44 bits per heavy atom. The molecule has 1 unspecified atom stereocenters. The summed E-state index contributed by atoms with van der Waals surface area (Å²) < 4.78 is 7.19. The predicted molar refractivity (Wildman–Crippen MR) is 65.6 cm³/mol. The lowest BCUT2D eigenvalue weighted by atomic mass is 10.3. The largest absolute Gasteiger partial charge is 0.406 e. The first-order valence-corrected chi connectivity index (χ1v) is 5.77. The monoisotopic (exact) mass is 255 g/mol. The number of nitro groups is 1. The third-order valence-corrected chi connectivity index (χ3v) is 2.93. The van der Waals surface area contributed by atoms with Gasteiger partial charge < -0.3 is 25.1 Å². The Kier molecular flexibility index (Phi) is 3.78. The zero-order chi connectivity index (χ0) is 13.1. The smallest absolute Gasteiger partial charge is 0.374 e. The van der Waals surface area contributed by atoms with Gasteiger partial charge in [0.2, 0.25) is 12.1 Å². The van der Waals surface area contributed by atoms with Gasteiger partial charge in [0.25, 0.3) is 0 Å². The maximum Gasteiger partial charge on any atom is 0.406 e. The van der Waals surface area contributed by atoms with Gasteiger partial charge in [-0.2, -0.15) is 0 Å². The molecule has 1 aliphatic rings. The molecule has 100 valence electrons. The fourth-order valence-corrected chi connectivity index (χ4v) is 1.96. The van der Waals surface area contributed by atoms with Gasteiger partial charge in [-0.05, 0) is 17.0 Å². The average molecular weight is 255 g/mol. The van der Waals surface area contributed by atoms with Crippen molar-refractivity contribution in [3.8, 4) is 0 Å². The van der Waals surface area contributed by atoms with E-state index >= 15 is 0 Å². The van der Waals surface area contributed by atoms with Crippen molar-refractivity contribution in [1.82, 2.24) is 14.5 Å². The third kappa shape index (κ3) is 2.77. The summed E-state index contributed by atoms with van der Waals surface area (Å²) in [6.07, 6.45) is 1.46. The van der Waals surface area contributed by atoms with Gasteiger partial charge in [-0.25, -0.2) is 0 Å². The number of ether oxygens (including phenoxy) is 1. The molecule has 1 aliphatic heterocycles. The molecule has 0 spiro atoms. The van der Waals surface area contributed by atoms with Crippen molar-refractivity contribution in [2.45, 2.75) is 6.10 Å². The van der Waals surface area contributed by atoms with E-state index < -0.39 is 4.92 Å². The molecule has 0 radical (unpaired) electrons. The second-order valence-corrected chi connectivity index (χ2v) is 4.42. The van der Waals surface area contributed by atoms with Gasteiger partial charge in [0.1, 0.15) is 0 Å². The van der Waals surface area contributed by atoms with Gasteiger partial charge >= 0.3 is 5.82 Å². The number of likely N-dealkylation sites (N-methyl/N-ethyl adjacent to an activating group) is 1. The molecular weight excluding hydrogens is 238 g/mol. The lowest BCUT2D eigenvalue weighted by Gasteiger charge is -2.30. The number of anilines is 1. The molecule has 2 heterocycles. The van der Waals surface area contributed by atoms with Crippen LogP contribution in [0.3, 0.4) is 0 Å². The molecule has 1 aromatic heterocycles. The van der Waals surface area contributed by atoms with Crippen LogP contribution in [0.4, 0.5) is 11.6 Å². The van der Waals surface area contributed by atoms with Crippen LogP contribution in [0.1, 0.15) is 0 Å². The van der Waals surface area contributed by atoms with Crippen LogP contribution in [-0.2, 0) is 11.8 Å². The van der Waals surface area contributed by atoms with Gasteiger partial charge in [-0.15, -0.1) is 0 Å². The molecule has 8 nitrogen and oxygen atoms in total. The van der Waals surface area contributed by atoms with E-state index in [-0.39, 0.29) is 11.9 Å². The van der Waals surface area contributed by atoms with Crippen LogP contribution in [0.15, 0.2) is 6.33 Å². The summed E-state index contributed by atoms with van der Waals surface area (Å²) in [6, 6.07) is 0. The quantitative estimate of drug-likeness (QED) is 0.605. The van der Waals surface area contributed by atoms with E-state index in [0.717, 1.165) is 13.1 Å². The Morgan fingerprint density at radius 3 is 3.11 bits per heavy atom. The van der Waals surface area contributed by atoms with Crippen LogP contribution in [0, 0.1) is 10.1 Å². The van der Waals surface area contributed by atoms with Crippen molar-refractivity contribution in [2.75, 3.05) is 38.6 Å². The van der Waals surface area contributed by atoms with E-state index in [2.05, 4.69) is 15.2 Å². The van der Waals surface area contributed by atoms with E-state index in [0.29, 0.717) is 19.0 Å². The maximum atomic E-state index is 10.8. The first kappa shape index (κ1) is 12.8. The zero-order valence-electron chi connectivity index (χ0n) is 10.5. The topological polar surface area (TPSA) is 85.5 Å². The van der Waals surface area contributed by atoms with Gasteiger partial charge in [-0.3, -0.25) is 4.57 Å². The molecule has 1 saturated heterocycles. The maximum absolute atomic E-state index is 10.8. The highest BCUT2D eigenvalue weighted by Gasteiger charge is 2.22. The second-order valence-electron chi connectivity index (χ2n) is 4.42. The van der Waals surface area contributed by atoms with Gasteiger partial charge in [0.15, 0.2) is 0 Å². The van der Waals surface area contributed by atoms with E-state index in [1.54, 1.807) is 11.6 Å².